The van der Waals surface area contributed by atoms with Crippen molar-refractivity contribution < 1.29 is 9.69 Å². The number of carbonyl (C=O) groups is 1. The Morgan fingerprint density at radius 3 is 2.75 bits per heavy atom. The van der Waals surface area contributed by atoms with Crippen molar-refractivity contribution in [3.05, 3.63) is 35.9 Å². The summed E-state index contributed by atoms with van der Waals surface area (Å²) in [5, 5.41) is 0. The quantitative estimate of drug-likeness (QED) is 0.869. The molecule has 2 atom stereocenters. The minimum absolute atomic E-state index is 0.0792. The van der Waals surface area contributed by atoms with E-state index in [0.29, 0.717) is 12.2 Å². The molecule has 1 aromatic rings. The normalized spacial score (nSPS) is 28.7. The molecule has 0 spiro atoms. The molecule has 0 saturated heterocycles. The van der Waals surface area contributed by atoms with Gasteiger partial charge in [-0.25, -0.2) is 4.99 Å². The number of hydrogen-bond donors (Lipinski definition) is 1. The standard InChI is InChI=1S/C17H22N2O/c1-17(2)8-15-14(16(20)9-17)11-19(12-18-15)10-13-6-4-3-5-7-13/h3-7,14H,8-12H2,1-2H3/p+1. The van der Waals surface area contributed by atoms with Gasteiger partial charge in [0.2, 0.25) is 0 Å². The number of Topliss-reactive ketones (excluding diaryl/α,β-unsaturated/α-hetero) is 1. The molecule has 0 radical (unpaired) electrons. The van der Waals surface area contributed by atoms with E-state index in [1.165, 1.54) is 10.5 Å². The van der Waals surface area contributed by atoms with E-state index in [9.17, 15) is 4.79 Å². The highest BCUT2D eigenvalue weighted by Crippen LogP contribution is 2.34. The van der Waals surface area contributed by atoms with E-state index in [0.717, 1.165) is 31.9 Å². The molecule has 2 aliphatic rings. The third kappa shape index (κ3) is 2.83. The van der Waals surface area contributed by atoms with E-state index in [4.69, 9.17) is 4.99 Å². The molecule has 0 aromatic heterocycles. The van der Waals surface area contributed by atoms with Gasteiger partial charge in [-0.2, -0.15) is 0 Å². The van der Waals surface area contributed by atoms with Crippen molar-refractivity contribution >= 4 is 11.5 Å². The summed E-state index contributed by atoms with van der Waals surface area (Å²) in [6.07, 6.45) is 1.69. The van der Waals surface area contributed by atoms with Crippen molar-refractivity contribution in [1.82, 2.24) is 0 Å². The van der Waals surface area contributed by atoms with Crippen molar-refractivity contribution in [2.75, 3.05) is 13.2 Å². The number of rotatable bonds is 2. The highest BCUT2D eigenvalue weighted by atomic mass is 16.1. The van der Waals surface area contributed by atoms with E-state index in [1.54, 1.807) is 0 Å². The lowest BCUT2D eigenvalue weighted by atomic mass is 9.70. The Kier molecular flexibility index (Phi) is 3.47. The number of nitrogens with zero attached hydrogens (tertiary/aromatic N) is 1. The van der Waals surface area contributed by atoms with Crippen LogP contribution in [-0.4, -0.2) is 24.7 Å². The van der Waals surface area contributed by atoms with Crippen LogP contribution < -0.4 is 4.90 Å². The maximum absolute atomic E-state index is 12.3. The van der Waals surface area contributed by atoms with Crippen molar-refractivity contribution in [3.8, 4) is 0 Å². The predicted octanol–water partition coefficient (Wildman–Crippen LogP) is 1.49. The SMILES string of the molecule is CC1(C)CC(=O)C2C[NH+](Cc3ccccc3)CN=C2C1. The van der Waals surface area contributed by atoms with Gasteiger partial charge in [0.05, 0.1) is 6.54 Å². The Bertz CT molecular complexity index is 533. The van der Waals surface area contributed by atoms with Gasteiger partial charge in [-0.1, -0.05) is 44.2 Å². The summed E-state index contributed by atoms with van der Waals surface area (Å²) < 4.78 is 0. The summed E-state index contributed by atoms with van der Waals surface area (Å²) in [5.74, 6) is 0.473. The highest BCUT2D eigenvalue weighted by Gasteiger charge is 2.41. The Labute approximate surface area is 120 Å². The van der Waals surface area contributed by atoms with E-state index in [2.05, 4.69) is 38.1 Å². The first-order valence-electron chi connectivity index (χ1n) is 7.47. The van der Waals surface area contributed by atoms with Gasteiger partial charge in [0, 0.05) is 17.7 Å². The van der Waals surface area contributed by atoms with Crippen LogP contribution in [0.3, 0.4) is 0 Å². The van der Waals surface area contributed by atoms with Gasteiger partial charge in [0.15, 0.2) is 6.67 Å². The lowest BCUT2D eigenvalue weighted by Crippen LogP contribution is -3.12. The summed E-state index contributed by atoms with van der Waals surface area (Å²) in [6, 6.07) is 10.5. The molecule has 1 aromatic carbocycles. The van der Waals surface area contributed by atoms with Crippen LogP contribution in [0.5, 0.6) is 0 Å². The van der Waals surface area contributed by atoms with Crippen LogP contribution in [0.2, 0.25) is 0 Å². The average molecular weight is 271 g/mol. The first-order valence-corrected chi connectivity index (χ1v) is 7.47. The van der Waals surface area contributed by atoms with Crippen LogP contribution in [0.1, 0.15) is 32.3 Å². The smallest absolute Gasteiger partial charge is 0.171 e. The second kappa shape index (κ2) is 5.13. The molecule has 1 saturated carbocycles. The molecule has 1 fully saturated rings. The Morgan fingerprint density at radius 2 is 2.00 bits per heavy atom. The van der Waals surface area contributed by atoms with Gasteiger partial charge in [-0.05, 0) is 11.8 Å². The lowest BCUT2D eigenvalue weighted by Gasteiger charge is -2.38. The lowest BCUT2D eigenvalue weighted by molar-refractivity contribution is -0.916. The zero-order chi connectivity index (χ0) is 14.2. The molecule has 0 bridgehead atoms. The van der Waals surface area contributed by atoms with Crippen LogP contribution >= 0.6 is 0 Å². The average Bonchev–Trinajstić information content (AvgIpc) is 2.40. The summed E-state index contributed by atoms with van der Waals surface area (Å²) in [5.41, 5.74) is 2.58. The summed E-state index contributed by atoms with van der Waals surface area (Å²) in [6.45, 7) is 7.04. The topological polar surface area (TPSA) is 33.9 Å². The zero-order valence-corrected chi connectivity index (χ0v) is 12.4. The minimum Gasteiger partial charge on any atom is -0.312 e. The molecule has 106 valence electrons. The molecule has 2 unspecified atom stereocenters. The van der Waals surface area contributed by atoms with Crippen LogP contribution in [0.15, 0.2) is 35.3 Å². The second-order valence-electron chi connectivity index (χ2n) is 6.96. The Balaban J connectivity index is 1.72. The van der Waals surface area contributed by atoms with Crippen molar-refractivity contribution in [3.63, 3.8) is 0 Å². The fourth-order valence-electron chi connectivity index (χ4n) is 3.43. The summed E-state index contributed by atoms with van der Waals surface area (Å²) in [4.78, 5) is 18.5. The van der Waals surface area contributed by atoms with Gasteiger partial charge in [0.1, 0.15) is 18.2 Å². The van der Waals surface area contributed by atoms with Crippen molar-refractivity contribution in [1.29, 1.82) is 0 Å². The van der Waals surface area contributed by atoms with Gasteiger partial charge >= 0.3 is 0 Å². The van der Waals surface area contributed by atoms with Crippen molar-refractivity contribution in [2.24, 2.45) is 16.3 Å². The van der Waals surface area contributed by atoms with Gasteiger partial charge in [-0.15, -0.1) is 0 Å². The number of hydrogen-bond acceptors (Lipinski definition) is 2. The van der Waals surface area contributed by atoms with E-state index < -0.39 is 0 Å². The van der Waals surface area contributed by atoms with Gasteiger partial charge < -0.3 is 4.90 Å². The summed E-state index contributed by atoms with van der Waals surface area (Å²) >= 11 is 0. The number of carbonyl (C=O) groups excluding carboxylic acids is 1. The maximum atomic E-state index is 12.3. The number of aliphatic imine (C=N–C) groups is 1. The van der Waals surface area contributed by atoms with Crippen LogP contribution in [0.4, 0.5) is 0 Å². The monoisotopic (exact) mass is 271 g/mol. The number of ketones is 1. The first kappa shape index (κ1) is 13.5. The molecule has 1 N–H and O–H groups in total. The van der Waals surface area contributed by atoms with Crippen LogP contribution in [0.25, 0.3) is 0 Å². The number of nitrogens with one attached hydrogen (secondary N) is 1. The Hall–Kier alpha value is -1.48. The minimum atomic E-state index is 0.0792. The van der Waals surface area contributed by atoms with Crippen LogP contribution in [-0.2, 0) is 11.3 Å². The number of fused-ring (bicyclic) bond motifs is 1. The molecule has 1 aliphatic carbocycles. The van der Waals surface area contributed by atoms with E-state index >= 15 is 0 Å². The Morgan fingerprint density at radius 1 is 1.25 bits per heavy atom. The molecule has 20 heavy (non-hydrogen) atoms. The van der Waals surface area contributed by atoms with E-state index in [-0.39, 0.29) is 11.3 Å². The zero-order valence-electron chi connectivity index (χ0n) is 12.4. The molecule has 3 nitrogen and oxygen atoms in total. The van der Waals surface area contributed by atoms with E-state index in [1.807, 2.05) is 6.07 Å². The van der Waals surface area contributed by atoms with Gasteiger partial charge in [0.25, 0.3) is 0 Å². The summed E-state index contributed by atoms with van der Waals surface area (Å²) in [7, 11) is 0. The fourth-order valence-corrected chi connectivity index (χ4v) is 3.43. The largest absolute Gasteiger partial charge is 0.312 e. The molecule has 0 amide bonds. The number of quaternary nitrogens is 1. The maximum Gasteiger partial charge on any atom is 0.171 e. The molecule has 1 aliphatic heterocycles. The van der Waals surface area contributed by atoms with Crippen molar-refractivity contribution in [2.45, 2.75) is 33.2 Å². The molecule has 3 rings (SSSR count). The fraction of sp³-hybridized carbons (Fsp3) is 0.529. The van der Waals surface area contributed by atoms with Crippen LogP contribution in [0, 0.1) is 11.3 Å². The molecular formula is C17H23N2O+. The highest BCUT2D eigenvalue weighted by molar-refractivity contribution is 6.08. The predicted molar refractivity (Wildman–Crippen MR) is 79.8 cm³/mol. The molecule has 1 heterocycles. The third-order valence-electron chi connectivity index (χ3n) is 4.40. The molecular weight excluding hydrogens is 248 g/mol. The third-order valence-corrected chi connectivity index (χ3v) is 4.40. The van der Waals surface area contributed by atoms with Gasteiger partial charge in [-0.3, -0.25) is 4.79 Å². The number of benzene rings is 1. The molecule has 3 heteroatoms. The first-order chi connectivity index (χ1) is 9.53. The second-order valence-corrected chi connectivity index (χ2v) is 6.96.